The molecule has 58 heavy (non-hydrogen) atoms. The molecular formula is C45H40N2O10Si. The third-order valence-electron chi connectivity index (χ3n) is 12.3. The van der Waals surface area contributed by atoms with Crippen molar-refractivity contribution in [2.24, 2.45) is 0 Å². The van der Waals surface area contributed by atoms with Crippen LogP contribution < -0.4 is 4.90 Å². The Morgan fingerprint density at radius 3 is 2.21 bits per heavy atom. The van der Waals surface area contributed by atoms with Gasteiger partial charge in [-0.3, -0.25) is 29.0 Å². The number of hydrogen-bond acceptors (Lipinski definition) is 10. The van der Waals surface area contributed by atoms with Crippen molar-refractivity contribution in [1.29, 1.82) is 0 Å². The maximum atomic E-state index is 14.9. The van der Waals surface area contributed by atoms with Gasteiger partial charge in [-0.2, -0.15) is 0 Å². The molecule has 13 heteroatoms. The normalized spacial score (nSPS) is 24.4. The number of imide groups is 1. The van der Waals surface area contributed by atoms with E-state index in [-0.39, 0.29) is 52.2 Å². The number of ketones is 2. The number of amides is 3. The first-order valence-electron chi connectivity index (χ1n) is 19.2. The van der Waals surface area contributed by atoms with E-state index in [9.17, 15) is 34.2 Å². The van der Waals surface area contributed by atoms with Crippen molar-refractivity contribution in [3.05, 3.63) is 118 Å². The van der Waals surface area contributed by atoms with Crippen molar-refractivity contribution in [1.82, 2.24) is 4.90 Å². The van der Waals surface area contributed by atoms with E-state index in [0.29, 0.717) is 5.56 Å². The number of benzene rings is 3. The number of phenols is 1. The van der Waals surface area contributed by atoms with Gasteiger partial charge in [-0.1, -0.05) is 75.3 Å². The first-order chi connectivity index (χ1) is 27.9. The third-order valence-corrected chi connectivity index (χ3v) is 17.0. The van der Waals surface area contributed by atoms with Crippen LogP contribution in [0.4, 0.5) is 10.5 Å². The Hall–Kier alpha value is -6.09. The molecule has 2 N–H and O–H groups in total. The van der Waals surface area contributed by atoms with E-state index in [1.54, 1.807) is 24.3 Å². The van der Waals surface area contributed by atoms with Gasteiger partial charge in [0, 0.05) is 16.7 Å². The highest BCUT2D eigenvalue weighted by Crippen LogP contribution is 2.69. The van der Waals surface area contributed by atoms with Crippen LogP contribution >= 0.6 is 0 Å². The summed E-state index contributed by atoms with van der Waals surface area (Å²) in [4.78, 5) is 72.5. The molecule has 294 valence electrons. The summed E-state index contributed by atoms with van der Waals surface area (Å²) in [5.74, 6) is 8.67. The van der Waals surface area contributed by atoms with Crippen molar-refractivity contribution in [3.8, 4) is 29.4 Å². The molecule has 5 atom stereocenters. The zero-order valence-corrected chi connectivity index (χ0v) is 33.4. The van der Waals surface area contributed by atoms with Crippen molar-refractivity contribution < 1.29 is 48.1 Å². The van der Waals surface area contributed by atoms with Gasteiger partial charge in [0.2, 0.25) is 0 Å². The number of aromatic hydroxyl groups is 1. The van der Waals surface area contributed by atoms with Gasteiger partial charge in [-0.25, -0.2) is 4.79 Å². The predicted molar refractivity (Wildman–Crippen MR) is 214 cm³/mol. The molecule has 8 rings (SSSR count). The van der Waals surface area contributed by atoms with Gasteiger partial charge in [0.25, 0.3) is 11.8 Å². The molecule has 2 aliphatic carbocycles. The van der Waals surface area contributed by atoms with Gasteiger partial charge in [0.15, 0.2) is 37.2 Å². The van der Waals surface area contributed by atoms with Crippen molar-refractivity contribution in [3.63, 3.8) is 0 Å². The van der Waals surface area contributed by atoms with E-state index in [1.807, 2.05) is 6.92 Å². The fourth-order valence-electron chi connectivity index (χ4n) is 9.13. The van der Waals surface area contributed by atoms with Crippen LogP contribution in [0.15, 0.2) is 73.3 Å². The number of ether oxygens (including phenoxy) is 2. The summed E-state index contributed by atoms with van der Waals surface area (Å²) in [6, 6.07) is 13.1. The molecule has 12 nitrogen and oxygen atoms in total. The molecule has 2 bridgehead atoms. The quantitative estimate of drug-likeness (QED) is 0.0661. The van der Waals surface area contributed by atoms with E-state index in [1.165, 1.54) is 47.4 Å². The van der Waals surface area contributed by atoms with Crippen LogP contribution in [-0.2, 0) is 26.0 Å². The fraction of sp³-hybridized carbons (Fsp3) is 0.311. The molecule has 3 amide bonds. The molecule has 3 aliphatic heterocycles. The number of carbonyl (C=O) groups is 5. The van der Waals surface area contributed by atoms with Crippen LogP contribution in [-0.4, -0.2) is 83.4 Å². The topological polar surface area (TPSA) is 163 Å². The van der Waals surface area contributed by atoms with E-state index in [2.05, 4.69) is 51.0 Å². The van der Waals surface area contributed by atoms with Crippen molar-refractivity contribution in [2.45, 2.75) is 81.8 Å². The molecule has 0 aromatic heterocycles. The lowest BCUT2D eigenvalue weighted by Gasteiger charge is -2.45. The molecule has 3 aromatic carbocycles. The number of carbonyl (C=O) groups excluding carboxylic acids is 5. The van der Waals surface area contributed by atoms with E-state index < -0.39 is 78.6 Å². The molecule has 1 saturated heterocycles. The number of anilines is 1. The number of allylic oxidation sites excluding steroid dienone is 2. The molecule has 0 saturated carbocycles. The van der Waals surface area contributed by atoms with Gasteiger partial charge < -0.3 is 24.1 Å². The number of nitrogens with zero attached hydrogens (tertiary/aromatic N) is 2. The first kappa shape index (κ1) is 38.8. The van der Waals surface area contributed by atoms with Crippen LogP contribution in [0.5, 0.6) is 5.75 Å². The largest absolute Gasteiger partial charge is 0.507 e. The van der Waals surface area contributed by atoms with Gasteiger partial charge in [0.1, 0.15) is 18.4 Å². The number of fused-ring (bicyclic) bond motifs is 5. The fourth-order valence-corrected chi connectivity index (χ4v) is 12.1. The lowest BCUT2D eigenvalue weighted by atomic mass is 9.68. The Kier molecular flexibility index (Phi) is 9.41. The third kappa shape index (κ3) is 5.31. The van der Waals surface area contributed by atoms with Crippen LogP contribution in [0.25, 0.3) is 0 Å². The first-order valence-corrected chi connectivity index (χ1v) is 21.8. The van der Waals surface area contributed by atoms with Gasteiger partial charge >= 0.3 is 6.09 Å². The Morgan fingerprint density at radius 1 is 0.931 bits per heavy atom. The van der Waals surface area contributed by atoms with Crippen molar-refractivity contribution in [2.75, 3.05) is 11.5 Å². The highest BCUT2D eigenvalue weighted by molar-refractivity contribution is 6.73. The summed E-state index contributed by atoms with van der Waals surface area (Å²) < 4.78 is 19.4. The predicted octanol–water partition coefficient (Wildman–Crippen LogP) is 5.79. The summed E-state index contributed by atoms with van der Waals surface area (Å²) >= 11 is 0. The summed E-state index contributed by atoms with van der Waals surface area (Å²) in [6.45, 7) is 11.3. The summed E-state index contributed by atoms with van der Waals surface area (Å²) in [5.41, 5.74) is -3.39. The monoisotopic (exact) mass is 796 g/mol. The zero-order chi connectivity index (χ0) is 41.3. The van der Waals surface area contributed by atoms with Crippen molar-refractivity contribution >= 4 is 43.5 Å². The molecule has 0 radical (unpaired) electrons. The minimum atomic E-state index is -2.40. The Bertz CT molecular complexity index is 2490. The summed E-state index contributed by atoms with van der Waals surface area (Å²) in [5, 5.41) is 24.0. The highest BCUT2D eigenvalue weighted by atomic mass is 28.4. The minimum Gasteiger partial charge on any atom is -0.507 e. The van der Waals surface area contributed by atoms with Crippen LogP contribution in [0.2, 0.25) is 18.1 Å². The molecule has 0 spiro atoms. The molecule has 1 fully saturated rings. The standard InChI is InChI=1S/C45H40N2O10Si/c1-6-22-55-43(54)47-34-18-12-10-11-13-19-35(49)45(44(34,57-45)26(5)56-58(7-2,8-3)9-4)32-24-33(48)36-37(38(32)47)39(50)28-21-20-27(23-31(28)40(36)51)25-46-41(52)29-16-14-15-17-30(29)42(46)53/h6,10-11,14-17,20-21,23-24,26,34-35,48-49H,1,7-9,22,25H2,2-5H3/b11-10-/t26-,34+,35-,44+,45+/m1/s1. The summed E-state index contributed by atoms with van der Waals surface area (Å²) in [6.07, 6.45) is 0.964. The number of epoxide rings is 1. The number of aliphatic hydroxyl groups excluding tert-OH is 1. The van der Waals surface area contributed by atoms with Gasteiger partial charge in [0.05, 0.1) is 40.6 Å². The maximum Gasteiger partial charge on any atom is 0.415 e. The maximum absolute atomic E-state index is 14.9. The molecule has 0 unspecified atom stereocenters. The molecule has 5 aliphatic rings. The summed E-state index contributed by atoms with van der Waals surface area (Å²) in [7, 11) is -2.40. The second-order valence-corrected chi connectivity index (χ2v) is 19.6. The highest BCUT2D eigenvalue weighted by Gasteiger charge is 2.84. The Morgan fingerprint density at radius 2 is 1.57 bits per heavy atom. The molecule has 3 aromatic rings. The average molecular weight is 797 g/mol. The van der Waals surface area contributed by atoms with E-state index in [4.69, 9.17) is 13.9 Å². The van der Waals surface area contributed by atoms with E-state index in [0.717, 1.165) is 23.0 Å². The second kappa shape index (κ2) is 14.1. The zero-order valence-electron chi connectivity index (χ0n) is 32.4. The van der Waals surface area contributed by atoms with E-state index >= 15 is 0 Å². The number of hydrogen-bond donors (Lipinski definition) is 2. The number of phenolic OH excluding ortho intramolecular Hbond substituents is 1. The Labute approximate surface area is 336 Å². The van der Waals surface area contributed by atoms with Gasteiger partial charge in [-0.05, 0) is 73.1 Å². The SMILES string of the molecule is C=CCOC(=O)N1c2c(cc(O)c3c2C(=O)c2ccc(CN4C(=O)c5ccccc5C4=O)cc2C3=O)[C@@]23O[C@@]2([C@@H](C)O[Si](CC)(CC)CC)[C@@H]1C#C/C=C\C#C[C@H]3O. The lowest BCUT2D eigenvalue weighted by Crippen LogP contribution is -2.63. The average Bonchev–Trinajstić information content (AvgIpc) is 3.91. The lowest BCUT2D eigenvalue weighted by molar-refractivity contribution is 0.0641. The van der Waals surface area contributed by atoms with Crippen LogP contribution in [0.1, 0.15) is 91.4 Å². The molecule has 3 heterocycles. The van der Waals surface area contributed by atoms with Crippen LogP contribution in [0, 0.1) is 23.7 Å². The molecular weight excluding hydrogens is 757 g/mol. The smallest absolute Gasteiger partial charge is 0.415 e. The van der Waals surface area contributed by atoms with Gasteiger partial charge in [-0.15, -0.1) is 0 Å². The van der Waals surface area contributed by atoms with Crippen LogP contribution in [0.3, 0.4) is 0 Å². The number of aliphatic hydroxyl groups is 1. The minimum absolute atomic E-state index is 0.0303. The number of rotatable bonds is 10. The second-order valence-electron chi connectivity index (χ2n) is 14.9. The Balaban J connectivity index is 1.31.